The third kappa shape index (κ3) is 2.38. The quantitative estimate of drug-likeness (QED) is 0.596. The van der Waals surface area contributed by atoms with Crippen molar-refractivity contribution in [3.8, 4) is 0 Å². The van der Waals surface area contributed by atoms with Crippen LogP contribution in [0.15, 0.2) is 48.7 Å². The highest BCUT2D eigenvalue weighted by Gasteiger charge is 2.27. The Kier molecular flexibility index (Phi) is 3.23. The fourth-order valence-corrected chi connectivity index (χ4v) is 3.04. The maximum absolute atomic E-state index is 12.4. The van der Waals surface area contributed by atoms with Crippen LogP contribution < -0.4 is 10.6 Å². The van der Waals surface area contributed by atoms with Gasteiger partial charge in [0, 0.05) is 23.5 Å². The van der Waals surface area contributed by atoms with Gasteiger partial charge >= 0.3 is 5.97 Å². The molecule has 120 valence electrons. The Morgan fingerprint density at radius 3 is 2.79 bits per heavy atom. The molecule has 0 spiro atoms. The number of aromatic nitrogens is 1. The smallest absolute Gasteiger partial charge is 0.335 e. The molecule has 2 heterocycles. The molecule has 3 aromatic rings. The monoisotopic (exact) mass is 321 g/mol. The summed E-state index contributed by atoms with van der Waals surface area (Å²) in [5.74, 6) is -1.19. The lowest BCUT2D eigenvalue weighted by Crippen LogP contribution is -2.40. The molecule has 1 aliphatic rings. The lowest BCUT2D eigenvalue weighted by atomic mass is 10.0. The summed E-state index contributed by atoms with van der Waals surface area (Å²) in [4.78, 5) is 26.6. The number of aromatic amines is 1. The minimum absolute atomic E-state index is 0.144. The Bertz CT molecular complexity index is 961. The van der Waals surface area contributed by atoms with E-state index in [2.05, 4.69) is 15.6 Å². The van der Waals surface area contributed by atoms with E-state index < -0.39 is 12.0 Å². The molecule has 1 unspecified atom stereocenters. The van der Waals surface area contributed by atoms with Crippen LogP contribution in [-0.4, -0.2) is 28.0 Å². The van der Waals surface area contributed by atoms with Gasteiger partial charge in [0.05, 0.1) is 16.9 Å². The van der Waals surface area contributed by atoms with Gasteiger partial charge in [0.1, 0.15) is 6.04 Å². The average Bonchev–Trinajstić information content (AvgIpc) is 2.98. The van der Waals surface area contributed by atoms with Crippen LogP contribution in [0.4, 0.5) is 11.4 Å². The maximum Gasteiger partial charge on any atom is 0.335 e. The molecule has 4 rings (SSSR count). The molecule has 0 saturated carbocycles. The van der Waals surface area contributed by atoms with Gasteiger partial charge in [-0.2, -0.15) is 0 Å². The lowest BCUT2D eigenvalue weighted by molar-refractivity contribution is -0.117. The molecule has 1 aliphatic heterocycles. The molecule has 24 heavy (non-hydrogen) atoms. The van der Waals surface area contributed by atoms with Gasteiger partial charge < -0.3 is 20.7 Å². The number of amides is 1. The number of carbonyl (C=O) groups is 2. The molecule has 2 aromatic carbocycles. The van der Waals surface area contributed by atoms with E-state index in [9.17, 15) is 9.59 Å². The van der Waals surface area contributed by atoms with E-state index >= 15 is 0 Å². The summed E-state index contributed by atoms with van der Waals surface area (Å²) in [5.41, 5.74) is 3.46. The summed E-state index contributed by atoms with van der Waals surface area (Å²) in [5, 5.41) is 16.1. The number of fused-ring (bicyclic) bond motifs is 2. The van der Waals surface area contributed by atoms with Crippen molar-refractivity contribution in [2.24, 2.45) is 0 Å². The minimum atomic E-state index is -1.02. The Hall–Kier alpha value is -3.28. The van der Waals surface area contributed by atoms with Crippen molar-refractivity contribution >= 4 is 34.2 Å². The molecule has 4 N–H and O–H groups in total. The second-order valence-electron chi connectivity index (χ2n) is 5.82. The standard InChI is InChI=1S/C18H15N3O3/c22-17-16(8-11-9-19-13-4-2-1-3-12(11)13)20-14-6-5-10(18(23)24)7-15(14)21-17/h1-7,9,16,19-20H,8H2,(H,21,22)(H,23,24). The van der Waals surface area contributed by atoms with Gasteiger partial charge in [-0.1, -0.05) is 18.2 Å². The number of hydrogen-bond acceptors (Lipinski definition) is 3. The number of rotatable bonds is 3. The molecule has 1 amide bonds. The highest BCUT2D eigenvalue weighted by Crippen LogP contribution is 2.29. The molecular formula is C18H15N3O3. The second-order valence-corrected chi connectivity index (χ2v) is 5.82. The zero-order chi connectivity index (χ0) is 16.7. The predicted octanol–water partition coefficient (Wildman–Crippen LogP) is 2.84. The van der Waals surface area contributed by atoms with Crippen LogP contribution in [0.5, 0.6) is 0 Å². The zero-order valence-corrected chi connectivity index (χ0v) is 12.7. The van der Waals surface area contributed by atoms with Crippen molar-refractivity contribution in [2.45, 2.75) is 12.5 Å². The van der Waals surface area contributed by atoms with E-state index in [1.807, 2.05) is 30.5 Å². The van der Waals surface area contributed by atoms with Crippen molar-refractivity contribution in [2.75, 3.05) is 10.6 Å². The first-order chi connectivity index (χ1) is 11.6. The number of para-hydroxylation sites is 1. The van der Waals surface area contributed by atoms with Gasteiger partial charge in [-0.15, -0.1) is 0 Å². The van der Waals surface area contributed by atoms with Crippen LogP contribution in [0, 0.1) is 0 Å². The van der Waals surface area contributed by atoms with Gasteiger partial charge in [0.25, 0.3) is 0 Å². The summed E-state index contributed by atoms with van der Waals surface area (Å²) in [6.07, 6.45) is 2.46. The third-order valence-corrected chi connectivity index (χ3v) is 4.27. The van der Waals surface area contributed by atoms with E-state index in [-0.39, 0.29) is 11.5 Å². The van der Waals surface area contributed by atoms with E-state index in [0.29, 0.717) is 12.1 Å². The van der Waals surface area contributed by atoms with Crippen molar-refractivity contribution < 1.29 is 14.7 Å². The summed E-state index contributed by atoms with van der Waals surface area (Å²) in [6.45, 7) is 0. The third-order valence-electron chi connectivity index (χ3n) is 4.27. The van der Waals surface area contributed by atoms with Crippen LogP contribution in [0.25, 0.3) is 10.9 Å². The molecule has 0 saturated heterocycles. The van der Waals surface area contributed by atoms with Gasteiger partial charge in [-0.25, -0.2) is 4.79 Å². The van der Waals surface area contributed by atoms with E-state index in [0.717, 1.165) is 22.2 Å². The van der Waals surface area contributed by atoms with E-state index in [1.54, 1.807) is 6.07 Å². The highest BCUT2D eigenvalue weighted by molar-refractivity contribution is 6.04. The van der Waals surface area contributed by atoms with Crippen molar-refractivity contribution in [3.63, 3.8) is 0 Å². The Morgan fingerprint density at radius 2 is 1.96 bits per heavy atom. The number of carboxylic acids is 1. The fraction of sp³-hybridized carbons (Fsp3) is 0.111. The van der Waals surface area contributed by atoms with Crippen LogP contribution in [0.1, 0.15) is 15.9 Å². The highest BCUT2D eigenvalue weighted by atomic mass is 16.4. The number of hydrogen-bond donors (Lipinski definition) is 4. The molecule has 0 fully saturated rings. The number of carbonyl (C=O) groups excluding carboxylic acids is 1. The molecule has 6 nitrogen and oxygen atoms in total. The van der Waals surface area contributed by atoms with E-state index in [1.165, 1.54) is 12.1 Å². The van der Waals surface area contributed by atoms with Gasteiger partial charge in [-0.05, 0) is 29.8 Å². The Labute approximate surface area is 137 Å². The van der Waals surface area contributed by atoms with Crippen molar-refractivity contribution in [3.05, 3.63) is 59.8 Å². The first-order valence-corrected chi connectivity index (χ1v) is 7.61. The molecule has 1 aromatic heterocycles. The normalized spacial score (nSPS) is 16.3. The topological polar surface area (TPSA) is 94.2 Å². The van der Waals surface area contributed by atoms with Gasteiger partial charge in [0.2, 0.25) is 5.91 Å². The summed E-state index contributed by atoms with van der Waals surface area (Å²) in [6, 6.07) is 12.2. The number of H-pyrrole nitrogens is 1. The number of nitrogens with one attached hydrogen (secondary N) is 3. The Morgan fingerprint density at radius 1 is 1.12 bits per heavy atom. The van der Waals surface area contributed by atoms with Crippen LogP contribution in [-0.2, 0) is 11.2 Å². The van der Waals surface area contributed by atoms with Gasteiger partial charge in [-0.3, -0.25) is 4.79 Å². The molecule has 0 aliphatic carbocycles. The second kappa shape index (κ2) is 5.42. The number of anilines is 2. The Balaban J connectivity index is 1.61. The summed E-state index contributed by atoms with van der Waals surface area (Å²) < 4.78 is 0. The molecule has 0 radical (unpaired) electrons. The first-order valence-electron chi connectivity index (χ1n) is 7.61. The average molecular weight is 321 g/mol. The molecule has 6 heteroatoms. The van der Waals surface area contributed by atoms with Gasteiger partial charge in [0.15, 0.2) is 0 Å². The molecule has 1 atom stereocenters. The summed E-state index contributed by atoms with van der Waals surface area (Å²) >= 11 is 0. The molecule has 0 bridgehead atoms. The van der Waals surface area contributed by atoms with Crippen LogP contribution in [0.2, 0.25) is 0 Å². The van der Waals surface area contributed by atoms with Crippen molar-refractivity contribution in [1.29, 1.82) is 0 Å². The first kappa shape index (κ1) is 14.3. The number of benzene rings is 2. The van der Waals surface area contributed by atoms with Crippen LogP contribution in [0.3, 0.4) is 0 Å². The summed E-state index contributed by atoms with van der Waals surface area (Å²) in [7, 11) is 0. The fourth-order valence-electron chi connectivity index (χ4n) is 3.04. The predicted molar refractivity (Wildman–Crippen MR) is 91.4 cm³/mol. The van der Waals surface area contributed by atoms with Crippen molar-refractivity contribution in [1.82, 2.24) is 4.98 Å². The maximum atomic E-state index is 12.4. The largest absolute Gasteiger partial charge is 0.478 e. The van der Waals surface area contributed by atoms with Crippen LogP contribution >= 0.6 is 0 Å². The molecular weight excluding hydrogens is 306 g/mol. The minimum Gasteiger partial charge on any atom is -0.478 e. The number of aromatic carboxylic acids is 1. The SMILES string of the molecule is O=C(O)c1ccc2c(c1)NC(=O)C(Cc1c[nH]c3ccccc13)N2. The lowest BCUT2D eigenvalue weighted by Gasteiger charge is -2.27. The van der Waals surface area contributed by atoms with E-state index in [4.69, 9.17) is 5.11 Å². The zero-order valence-electron chi connectivity index (χ0n) is 12.7. The number of carboxylic acid groups (broad SMARTS) is 1.